The van der Waals surface area contributed by atoms with Crippen molar-refractivity contribution >= 4 is 0 Å². The molecule has 2 rings (SSSR count). The summed E-state index contributed by atoms with van der Waals surface area (Å²) in [6.45, 7) is 3.01. The predicted molar refractivity (Wildman–Crippen MR) is 65.0 cm³/mol. The number of nitrogens with zero attached hydrogens (tertiary/aromatic N) is 2. The molecule has 84 valence electrons. The van der Waals surface area contributed by atoms with Gasteiger partial charge in [-0.3, -0.25) is 0 Å². The number of nitrogens with two attached hydrogens (primary N) is 1. The zero-order chi connectivity index (χ0) is 11.4. The number of hydrogen-bond donors (Lipinski definition) is 1. The number of aromatic nitrogens is 2. The third-order valence-electron chi connectivity index (χ3n) is 2.72. The van der Waals surface area contributed by atoms with Gasteiger partial charge in [-0.15, -0.1) is 0 Å². The summed E-state index contributed by atoms with van der Waals surface area (Å²) in [5.74, 6) is 0.964. The average molecular weight is 215 g/mol. The fraction of sp³-hybridized carbons (Fsp3) is 0.308. The molecule has 3 heteroatoms. The molecular weight excluding hydrogens is 198 g/mol. The first kappa shape index (κ1) is 10.9. The van der Waals surface area contributed by atoms with Gasteiger partial charge < -0.3 is 10.3 Å². The van der Waals surface area contributed by atoms with E-state index in [2.05, 4.69) is 28.6 Å². The predicted octanol–water partition coefficient (Wildman–Crippen LogP) is 2.15. The maximum Gasteiger partial charge on any atom is 0.125 e. The Morgan fingerprint density at radius 3 is 2.75 bits per heavy atom. The third-order valence-corrected chi connectivity index (χ3v) is 2.72. The summed E-state index contributed by atoms with van der Waals surface area (Å²) in [5.41, 5.74) is 7.42. The second-order valence-electron chi connectivity index (χ2n) is 3.87. The molecule has 0 spiro atoms. The van der Waals surface area contributed by atoms with Crippen LogP contribution in [0.4, 0.5) is 0 Å². The maximum absolute atomic E-state index is 6.16. The summed E-state index contributed by atoms with van der Waals surface area (Å²) in [7, 11) is 0. The van der Waals surface area contributed by atoms with E-state index in [1.807, 2.05) is 30.6 Å². The van der Waals surface area contributed by atoms with E-state index >= 15 is 0 Å². The smallest absolute Gasteiger partial charge is 0.125 e. The van der Waals surface area contributed by atoms with E-state index in [-0.39, 0.29) is 6.04 Å². The van der Waals surface area contributed by atoms with Crippen LogP contribution in [0.15, 0.2) is 42.7 Å². The van der Waals surface area contributed by atoms with Crippen molar-refractivity contribution in [2.45, 2.75) is 25.9 Å². The second kappa shape index (κ2) is 4.94. The summed E-state index contributed by atoms with van der Waals surface area (Å²) in [4.78, 5) is 4.32. The molecule has 0 aliphatic heterocycles. The highest BCUT2D eigenvalue weighted by Crippen LogP contribution is 2.14. The Morgan fingerprint density at radius 1 is 1.31 bits per heavy atom. The largest absolute Gasteiger partial charge is 0.334 e. The highest BCUT2D eigenvalue weighted by Gasteiger charge is 2.11. The molecule has 0 saturated carbocycles. The van der Waals surface area contributed by atoms with Crippen LogP contribution in [0.25, 0.3) is 0 Å². The normalized spacial score (nSPS) is 12.6. The van der Waals surface area contributed by atoms with Crippen molar-refractivity contribution in [3.63, 3.8) is 0 Å². The summed E-state index contributed by atoms with van der Waals surface area (Å²) >= 11 is 0. The molecule has 0 aliphatic carbocycles. The van der Waals surface area contributed by atoms with Gasteiger partial charge in [-0.25, -0.2) is 4.98 Å². The minimum atomic E-state index is -0.0302. The van der Waals surface area contributed by atoms with Crippen LogP contribution in [-0.4, -0.2) is 9.55 Å². The van der Waals surface area contributed by atoms with Crippen LogP contribution in [0.3, 0.4) is 0 Å². The van der Waals surface area contributed by atoms with E-state index in [0.717, 1.165) is 18.8 Å². The van der Waals surface area contributed by atoms with Gasteiger partial charge in [-0.2, -0.15) is 0 Å². The van der Waals surface area contributed by atoms with E-state index in [1.54, 1.807) is 0 Å². The van der Waals surface area contributed by atoms with Crippen LogP contribution in [0.1, 0.15) is 24.4 Å². The van der Waals surface area contributed by atoms with Crippen molar-refractivity contribution in [2.75, 3.05) is 0 Å². The Hall–Kier alpha value is -1.61. The molecule has 0 amide bonds. The molecular formula is C13H17N3. The van der Waals surface area contributed by atoms with E-state index in [1.165, 1.54) is 5.56 Å². The molecule has 3 nitrogen and oxygen atoms in total. The Labute approximate surface area is 95.9 Å². The molecule has 1 unspecified atom stereocenters. The van der Waals surface area contributed by atoms with Gasteiger partial charge in [-0.1, -0.05) is 30.3 Å². The molecule has 0 bridgehead atoms. The Balaban J connectivity index is 2.11. The average Bonchev–Trinajstić information content (AvgIpc) is 2.78. The SMILES string of the molecule is CCn1ccnc1C(N)Cc1ccccc1. The van der Waals surface area contributed by atoms with E-state index in [9.17, 15) is 0 Å². The van der Waals surface area contributed by atoms with Crippen LogP contribution >= 0.6 is 0 Å². The van der Waals surface area contributed by atoms with Gasteiger partial charge in [0.05, 0.1) is 6.04 Å². The van der Waals surface area contributed by atoms with E-state index in [4.69, 9.17) is 5.73 Å². The lowest BCUT2D eigenvalue weighted by atomic mass is 10.1. The minimum absolute atomic E-state index is 0.0302. The minimum Gasteiger partial charge on any atom is -0.334 e. The van der Waals surface area contributed by atoms with Crippen molar-refractivity contribution in [3.8, 4) is 0 Å². The maximum atomic E-state index is 6.16. The first-order valence-electron chi connectivity index (χ1n) is 5.61. The molecule has 2 aromatic rings. The van der Waals surface area contributed by atoms with Gasteiger partial charge >= 0.3 is 0 Å². The van der Waals surface area contributed by atoms with Crippen molar-refractivity contribution in [2.24, 2.45) is 5.73 Å². The third kappa shape index (κ3) is 2.31. The standard InChI is InChI=1S/C13H17N3/c1-2-16-9-8-15-13(16)12(14)10-11-6-4-3-5-7-11/h3-9,12H,2,10,14H2,1H3. The van der Waals surface area contributed by atoms with Crippen LogP contribution in [-0.2, 0) is 13.0 Å². The van der Waals surface area contributed by atoms with Crippen LogP contribution in [0.2, 0.25) is 0 Å². The van der Waals surface area contributed by atoms with Gasteiger partial charge in [0.15, 0.2) is 0 Å². The number of aryl methyl sites for hydroxylation is 1. The van der Waals surface area contributed by atoms with Gasteiger partial charge in [0, 0.05) is 18.9 Å². The Bertz CT molecular complexity index is 433. The van der Waals surface area contributed by atoms with E-state index < -0.39 is 0 Å². The van der Waals surface area contributed by atoms with Crippen molar-refractivity contribution in [1.82, 2.24) is 9.55 Å². The van der Waals surface area contributed by atoms with Crippen molar-refractivity contribution in [1.29, 1.82) is 0 Å². The molecule has 1 aromatic carbocycles. The summed E-state index contributed by atoms with van der Waals surface area (Å²) in [6, 6.07) is 10.3. The van der Waals surface area contributed by atoms with Gasteiger partial charge in [0.1, 0.15) is 5.82 Å². The Kier molecular flexibility index (Phi) is 3.37. The summed E-state index contributed by atoms with van der Waals surface area (Å²) < 4.78 is 2.09. The molecule has 1 heterocycles. The molecule has 0 fully saturated rings. The topological polar surface area (TPSA) is 43.8 Å². The highest BCUT2D eigenvalue weighted by molar-refractivity contribution is 5.17. The zero-order valence-electron chi connectivity index (χ0n) is 9.50. The number of benzene rings is 1. The fourth-order valence-electron chi connectivity index (χ4n) is 1.88. The van der Waals surface area contributed by atoms with Crippen LogP contribution < -0.4 is 5.73 Å². The molecule has 0 radical (unpaired) electrons. The molecule has 2 N–H and O–H groups in total. The van der Waals surface area contributed by atoms with Crippen molar-refractivity contribution < 1.29 is 0 Å². The Morgan fingerprint density at radius 2 is 2.06 bits per heavy atom. The zero-order valence-corrected chi connectivity index (χ0v) is 9.50. The fourth-order valence-corrected chi connectivity index (χ4v) is 1.88. The summed E-state index contributed by atoms with van der Waals surface area (Å²) in [5, 5.41) is 0. The first-order chi connectivity index (χ1) is 7.81. The number of rotatable bonds is 4. The van der Waals surface area contributed by atoms with Gasteiger partial charge in [-0.05, 0) is 18.9 Å². The molecule has 0 aliphatic rings. The monoisotopic (exact) mass is 215 g/mol. The summed E-state index contributed by atoms with van der Waals surface area (Å²) in [6.07, 6.45) is 4.61. The lowest BCUT2D eigenvalue weighted by Crippen LogP contribution is -2.18. The van der Waals surface area contributed by atoms with E-state index in [0.29, 0.717) is 0 Å². The van der Waals surface area contributed by atoms with Gasteiger partial charge in [0.2, 0.25) is 0 Å². The molecule has 0 saturated heterocycles. The quantitative estimate of drug-likeness (QED) is 0.849. The molecule has 1 atom stereocenters. The highest BCUT2D eigenvalue weighted by atomic mass is 15.1. The number of imidazole rings is 1. The van der Waals surface area contributed by atoms with Gasteiger partial charge in [0.25, 0.3) is 0 Å². The first-order valence-corrected chi connectivity index (χ1v) is 5.61. The lowest BCUT2D eigenvalue weighted by Gasteiger charge is -2.12. The van der Waals surface area contributed by atoms with Crippen molar-refractivity contribution in [3.05, 3.63) is 54.1 Å². The molecule has 16 heavy (non-hydrogen) atoms. The van der Waals surface area contributed by atoms with Crippen LogP contribution in [0.5, 0.6) is 0 Å². The second-order valence-corrected chi connectivity index (χ2v) is 3.87. The van der Waals surface area contributed by atoms with Crippen LogP contribution in [0, 0.1) is 0 Å². The number of hydrogen-bond acceptors (Lipinski definition) is 2. The molecule has 1 aromatic heterocycles. The lowest BCUT2D eigenvalue weighted by molar-refractivity contribution is 0.600.